The monoisotopic (exact) mass is 369 g/mol. The lowest BCUT2D eigenvalue weighted by Gasteiger charge is -2.14. The summed E-state index contributed by atoms with van der Waals surface area (Å²) in [6, 6.07) is 0.0467. The summed E-state index contributed by atoms with van der Waals surface area (Å²) in [7, 11) is 0. The number of carbonyl (C=O) groups is 3. The normalized spacial score (nSPS) is 17.5. The van der Waals surface area contributed by atoms with E-state index in [0.29, 0.717) is 31.8 Å². The van der Waals surface area contributed by atoms with E-state index in [1.165, 1.54) is 6.92 Å². The third-order valence-electron chi connectivity index (χ3n) is 4.57. The molecule has 2 atom stereocenters. The van der Waals surface area contributed by atoms with Crippen LogP contribution in [0.2, 0.25) is 0 Å². The van der Waals surface area contributed by atoms with Crippen LogP contribution in [-0.4, -0.2) is 50.1 Å². The molecule has 0 bridgehead atoms. The van der Waals surface area contributed by atoms with Gasteiger partial charge < -0.3 is 20.7 Å². The highest BCUT2D eigenvalue weighted by molar-refractivity contribution is 5.76. The van der Waals surface area contributed by atoms with E-state index in [-0.39, 0.29) is 23.8 Å². The van der Waals surface area contributed by atoms with Crippen molar-refractivity contribution in [3.8, 4) is 0 Å². The number of hydrogen-bond acceptors (Lipinski definition) is 4. The highest BCUT2D eigenvalue weighted by Gasteiger charge is 2.16. The minimum Gasteiger partial charge on any atom is -0.381 e. The van der Waals surface area contributed by atoms with Crippen molar-refractivity contribution in [2.75, 3.05) is 26.3 Å². The fraction of sp³-hybridized carbons (Fsp3) is 0.842. The zero-order chi connectivity index (χ0) is 19.2. The van der Waals surface area contributed by atoms with E-state index in [2.05, 4.69) is 16.0 Å². The molecule has 0 aromatic rings. The summed E-state index contributed by atoms with van der Waals surface area (Å²) in [5.74, 6) is 0.632. The molecule has 3 amide bonds. The largest absolute Gasteiger partial charge is 0.381 e. The Morgan fingerprint density at radius 3 is 2.54 bits per heavy atom. The Hall–Kier alpha value is -1.63. The maximum Gasteiger partial charge on any atom is 0.220 e. The second-order valence-corrected chi connectivity index (χ2v) is 7.17. The quantitative estimate of drug-likeness (QED) is 0.429. The molecule has 7 heteroatoms. The molecular weight excluding hydrogens is 334 g/mol. The standard InChI is InChI=1S/C19H35N3O4/c1-15(22-19(25)6-4-3-5-11-20-16(2)23)9-12-21-18(24)8-7-17-10-13-26-14-17/h15,17H,3-14H2,1-2H3,(H,20,23)(H,21,24)(H,22,25)/t15-,17?/m0/s1. The first-order chi connectivity index (χ1) is 12.5. The van der Waals surface area contributed by atoms with Crippen LogP contribution in [0.4, 0.5) is 0 Å². The Morgan fingerprint density at radius 1 is 1.04 bits per heavy atom. The summed E-state index contributed by atoms with van der Waals surface area (Å²) >= 11 is 0. The molecule has 150 valence electrons. The number of unbranched alkanes of at least 4 members (excludes halogenated alkanes) is 2. The van der Waals surface area contributed by atoms with E-state index in [1.807, 2.05) is 6.92 Å². The van der Waals surface area contributed by atoms with Gasteiger partial charge >= 0.3 is 0 Å². The molecule has 1 heterocycles. The fourth-order valence-electron chi connectivity index (χ4n) is 2.93. The number of hydrogen-bond donors (Lipinski definition) is 3. The van der Waals surface area contributed by atoms with Gasteiger partial charge in [0.1, 0.15) is 0 Å². The van der Waals surface area contributed by atoms with Crippen LogP contribution < -0.4 is 16.0 Å². The van der Waals surface area contributed by atoms with Gasteiger partial charge in [-0.15, -0.1) is 0 Å². The van der Waals surface area contributed by atoms with E-state index >= 15 is 0 Å². The Bertz CT molecular complexity index is 437. The molecule has 1 fully saturated rings. The molecule has 0 aliphatic carbocycles. The van der Waals surface area contributed by atoms with E-state index in [0.717, 1.165) is 51.7 Å². The Labute approximate surface area is 157 Å². The molecule has 0 saturated carbocycles. The lowest BCUT2D eigenvalue weighted by molar-refractivity contribution is -0.122. The molecule has 3 N–H and O–H groups in total. The van der Waals surface area contributed by atoms with Gasteiger partial charge in [0.2, 0.25) is 17.7 Å². The SMILES string of the molecule is CC(=O)NCCCCCC(=O)N[C@@H](C)CCNC(=O)CCC1CCOC1. The topological polar surface area (TPSA) is 96.5 Å². The van der Waals surface area contributed by atoms with Gasteiger partial charge in [-0.2, -0.15) is 0 Å². The van der Waals surface area contributed by atoms with Crippen molar-refractivity contribution in [1.29, 1.82) is 0 Å². The maximum absolute atomic E-state index is 11.9. The molecular formula is C19H35N3O4. The third-order valence-corrected chi connectivity index (χ3v) is 4.57. The number of rotatable bonds is 13. The second-order valence-electron chi connectivity index (χ2n) is 7.17. The molecule has 0 aromatic heterocycles. The third kappa shape index (κ3) is 11.8. The maximum atomic E-state index is 11.9. The Kier molecular flexibility index (Phi) is 11.7. The van der Waals surface area contributed by atoms with Gasteiger partial charge in [0.25, 0.3) is 0 Å². The summed E-state index contributed by atoms with van der Waals surface area (Å²) in [6.07, 6.45) is 6.36. The van der Waals surface area contributed by atoms with Crippen molar-refractivity contribution >= 4 is 17.7 Å². The summed E-state index contributed by atoms with van der Waals surface area (Å²) in [6.45, 7) is 6.31. The van der Waals surface area contributed by atoms with Gasteiger partial charge in [-0.25, -0.2) is 0 Å². The Morgan fingerprint density at radius 2 is 1.85 bits per heavy atom. The van der Waals surface area contributed by atoms with Gasteiger partial charge in [0.15, 0.2) is 0 Å². The van der Waals surface area contributed by atoms with Gasteiger partial charge in [-0.1, -0.05) is 6.42 Å². The van der Waals surface area contributed by atoms with Crippen LogP contribution >= 0.6 is 0 Å². The predicted molar refractivity (Wildman–Crippen MR) is 101 cm³/mol. The smallest absolute Gasteiger partial charge is 0.220 e. The van der Waals surface area contributed by atoms with Crippen LogP contribution in [-0.2, 0) is 19.1 Å². The first-order valence-electron chi connectivity index (χ1n) is 9.85. The molecule has 26 heavy (non-hydrogen) atoms. The van der Waals surface area contributed by atoms with Gasteiger partial charge in [-0.3, -0.25) is 14.4 Å². The predicted octanol–water partition coefficient (Wildman–Crippen LogP) is 1.51. The molecule has 0 spiro atoms. The lowest BCUT2D eigenvalue weighted by atomic mass is 10.0. The molecule has 1 aliphatic rings. The van der Waals surface area contributed by atoms with Crippen molar-refractivity contribution in [2.45, 2.75) is 71.3 Å². The molecule has 1 aliphatic heterocycles. The molecule has 7 nitrogen and oxygen atoms in total. The zero-order valence-corrected chi connectivity index (χ0v) is 16.3. The molecule has 1 rings (SSSR count). The summed E-state index contributed by atoms with van der Waals surface area (Å²) in [5.41, 5.74) is 0. The first-order valence-corrected chi connectivity index (χ1v) is 9.85. The summed E-state index contributed by atoms with van der Waals surface area (Å²) in [5, 5.41) is 8.63. The van der Waals surface area contributed by atoms with Crippen molar-refractivity contribution in [2.24, 2.45) is 5.92 Å². The zero-order valence-electron chi connectivity index (χ0n) is 16.3. The number of carbonyl (C=O) groups excluding carboxylic acids is 3. The van der Waals surface area contributed by atoms with Gasteiger partial charge in [0.05, 0.1) is 0 Å². The molecule has 1 saturated heterocycles. The summed E-state index contributed by atoms with van der Waals surface area (Å²) in [4.78, 5) is 34.4. The fourth-order valence-corrected chi connectivity index (χ4v) is 2.93. The number of ether oxygens (including phenoxy) is 1. The lowest BCUT2D eigenvalue weighted by Crippen LogP contribution is -2.36. The van der Waals surface area contributed by atoms with Crippen LogP contribution in [0.1, 0.15) is 65.2 Å². The highest BCUT2D eigenvalue weighted by atomic mass is 16.5. The van der Waals surface area contributed by atoms with Crippen molar-refractivity contribution in [1.82, 2.24) is 16.0 Å². The minimum absolute atomic E-state index is 0.0174. The average molecular weight is 370 g/mol. The van der Waals surface area contributed by atoms with E-state index in [9.17, 15) is 14.4 Å². The van der Waals surface area contributed by atoms with Crippen LogP contribution in [0.3, 0.4) is 0 Å². The van der Waals surface area contributed by atoms with Gasteiger partial charge in [-0.05, 0) is 44.9 Å². The van der Waals surface area contributed by atoms with Crippen molar-refractivity contribution < 1.29 is 19.1 Å². The minimum atomic E-state index is -0.0174. The van der Waals surface area contributed by atoms with Crippen molar-refractivity contribution in [3.05, 3.63) is 0 Å². The molecule has 0 radical (unpaired) electrons. The van der Waals surface area contributed by atoms with Crippen LogP contribution in [0, 0.1) is 5.92 Å². The number of amides is 3. The van der Waals surface area contributed by atoms with Crippen LogP contribution in [0.25, 0.3) is 0 Å². The van der Waals surface area contributed by atoms with E-state index in [4.69, 9.17) is 4.74 Å². The van der Waals surface area contributed by atoms with Crippen LogP contribution in [0.5, 0.6) is 0 Å². The summed E-state index contributed by atoms with van der Waals surface area (Å²) < 4.78 is 5.31. The van der Waals surface area contributed by atoms with E-state index < -0.39 is 0 Å². The number of nitrogens with one attached hydrogen (secondary N) is 3. The second kappa shape index (κ2) is 13.6. The van der Waals surface area contributed by atoms with Crippen molar-refractivity contribution in [3.63, 3.8) is 0 Å². The average Bonchev–Trinajstić information content (AvgIpc) is 3.09. The Balaban J connectivity index is 1.95. The van der Waals surface area contributed by atoms with Gasteiger partial charge in [0, 0.05) is 52.1 Å². The van der Waals surface area contributed by atoms with Crippen LogP contribution in [0.15, 0.2) is 0 Å². The molecule has 1 unspecified atom stereocenters. The molecule has 0 aromatic carbocycles. The van der Waals surface area contributed by atoms with E-state index in [1.54, 1.807) is 0 Å². The first kappa shape index (κ1) is 22.4. The highest BCUT2D eigenvalue weighted by Crippen LogP contribution is 2.17.